The van der Waals surface area contributed by atoms with Crippen molar-refractivity contribution in [3.8, 4) is 5.75 Å². The summed E-state index contributed by atoms with van der Waals surface area (Å²) >= 11 is 0. The SMILES string of the molecule is COc1cccc(F)c1C(N)CCN1CC(C)OCC1C. The number of nitrogens with zero attached hydrogens (tertiary/aromatic N) is 1. The Morgan fingerprint density at radius 2 is 2.24 bits per heavy atom. The van der Waals surface area contributed by atoms with Crippen LogP contribution in [-0.2, 0) is 4.74 Å². The first-order valence-electron chi connectivity index (χ1n) is 7.46. The van der Waals surface area contributed by atoms with E-state index in [1.807, 2.05) is 0 Å². The highest BCUT2D eigenvalue weighted by Crippen LogP contribution is 2.28. The summed E-state index contributed by atoms with van der Waals surface area (Å²) < 4.78 is 24.8. The summed E-state index contributed by atoms with van der Waals surface area (Å²) in [6.45, 7) is 6.66. The van der Waals surface area contributed by atoms with Crippen LogP contribution in [0.15, 0.2) is 18.2 Å². The maximum Gasteiger partial charge on any atom is 0.131 e. The number of hydrogen-bond donors (Lipinski definition) is 1. The van der Waals surface area contributed by atoms with E-state index in [0.29, 0.717) is 23.8 Å². The average Bonchev–Trinajstić information content (AvgIpc) is 2.47. The molecule has 4 nitrogen and oxygen atoms in total. The third-order valence-electron chi connectivity index (χ3n) is 4.07. The average molecular weight is 296 g/mol. The molecule has 2 N–H and O–H groups in total. The molecule has 21 heavy (non-hydrogen) atoms. The first kappa shape index (κ1) is 16.2. The van der Waals surface area contributed by atoms with E-state index in [9.17, 15) is 4.39 Å². The molecule has 3 atom stereocenters. The fourth-order valence-electron chi connectivity index (χ4n) is 2.79. The van der Waals surface area contributed by atoms with Crippen molar-refractivity contribution in [1.29, 1.82) is 0 Å². The van der Waals surface area contributed by atoms with Crippen molar-refractivity contribution in [3.05, 3.63) is 29.6 Å². The van der Waals surface area contributed by atoms with E-state index in [1.54, 1.807) is 12.1 Å². The lowest BCUT2D eigenvalue weighted by Gasteiger charge is -2.37. The van der Waals surface area contributed by atoms with E-state index in [1.165, 1.54) is 13.2 Å². The molecule has 1 aromatic rings. The lowest BCUT2D eigenvalue weighted by molar-refractivity contribution is -0.0500. The van der Waals surface area contributed by atoms with Crippen molar-refractivity contribution < 1.29 is 13.9 Å². The molecule has 2 rings (SSSR count). The zero-order valence-electron chi connectivity index (χ0n) is 13.0. The quantitative estimate of drug-likeness (QED) is 0.906. The molecule has 0 saturated carbocycles. The van der Waals surface area contributed by atoms with Gasteiger partial charge in [0.1, 0.15) is 11.6 Å². The molecule has 1 aliphatic rings. The third kappa shape index (κ3) is 3.93. The molecule has 0 amide bonds. The monoisotopic (exact) mass is 296 g/mol. The molecule has 0 aliphatic carbocycles. The van der Waals surface area contributed by atoms with Crippen molar-refractivity contribution in [1.82, 2.24) is 4.90 Å². The molecule has 1 aliphatic heterocycles. The smallest absolute Gasteiger partial charge is 0.131 e. The highest BCUT2D eigenvalue weighted by Gasteiger charge is 2.24. The topological polar surface area (TPSA) is 47.7 Å². The Labute approximate surface area is 126 Å². The van der Waals surface area contributed by atoms with Crippen LogP contribution in [0.2, 0.25) is 0 Å². The van der Waals surface area contributed by atoms with Gasteiger partial charge in [0.25, 0.3) is 0 Å². The molecule has 1 heterocycles. The zero-order chi connectivity index (χ0) is 15.4. The fourth-order valence-corrected chi connectivity index (χ4v) is 2.79. The highest BCUT2D eigenvalue weighted by atomic mass is 19.1. The summed E-state index contributed by atoms with van der Waals surface area (Å²) in [4.78, 5) is 2.35. The number of halogens is 1. The molecule has 0 radical (unpaired) electrons. The van der Waals surface area contributed by atoms with Crippen LogP contribution in [0.5, 0.6) is 5.75 Å². The second kappa shape index (κ2) is 7.20. The number of benzene rings is 1. The summed E-state index contributed by atoms with van der Waals surface area (Å²) in [7, 11) is 1.54. The summed E-state index contributed by atoms with van der Waals surface area (Å²) in [5.41, 5.74) is 6.66. The second-order valence-corrected chi connectivity index (χ2v) is 5.74. The maximum atomic E-state index is 14.0. The van der Waals surface area contributed by atoms with Crippen LogP contribution in [-0.4, -0.2) is 43.9 Å². The summed E-state index contributed by atoms with van der Waals surface area (Å²) in [6, 6.07) is 4.81. The van der Waals surface area contributed by atoms with E-state index in [2.05, 4.69) is 18.7 Å². The Hall–Kier alpha value is -1.17. The van der Waals surface area contributed by atoms with Gasteiger partial charge in [0.05, 0.1) is 19.8 Å². The molecule has 1 saturated heterocycles. The molecule has 0 aromatic heterocycles. The molecule has 3 unspecified atom stereocenters. The van der Waals surface area contributed by atoms with Crippen LogP contribution in [0.25, 0.3) is 0 Å². The van der Waals surface area contributed by atoms with Gasteiger partial charge >= 0.3 is 0 Å². The van der Waals surface area contributed by atoms with Crippen LogP contribution in [0, 0.1) is 5.82 Å². The van der Waals surface area contributed by atoms with Gasteiger partial charge in [-0.05, 0) is 32.4 Å². The van der Waals surface area contributed by atoms with E-state index < -0.39 is 0 Å². The minimum absolute atomic E-state index is 0.237. The van der Waals surface area contributed by atoms with Crippen molar-refractivity contribution in [2.24, 2.45) is 5.73 Å². The molecule has 1 aromatic carbocycles. The number of morpholine rings is 1. The standard InChI is InChI=1S/C16H25FN2O2/c1-11-10-21-12(2)9-19(11)8-7-14(18)16-13(17)5-4-6-15(16)20-3/h4-6,11-12,14H,7-10,18H2,1-3H3. The first-order valence-corrected chi connectivity index (χ1v) is 7.46. The Morgan fingerprint density at radius 3 is 2.95 bits per heavy atom. The predicted molar refractivity (Wildman–Crippen MR) is 80.9 cm³/mol. The summed E-state index contributed by atoms with van der Waals surface area (Å²) in [5.74, 6) is 0.219. The molecule has 0 spiro atoms. The second-order valence-electron chi connectivity index (χ2n) is 5.74. The normalized spacial score (nSPS) is 24.8. The van der Waals surface area contributed by atoms with Gasteiger partial charge in [-0.1, -0.05) is 6.07 Å². The molecular formula is C16H25FN2O2. The minimum atomic E-state index is -0.369. The summed E-state index contributed by atoms with van der Waals surface area (Å²) in [5, 5.41) is 0. The number of rotatable bonds is 5. The van der Waals surface area contributed by atoms with Crippen molar-refractivity contribution in [3.63, 3.8) is 0 Å². The number of ether oxygens (including phenoxy) is 2. The Morgan fingerprint density at radius 1 is 1.48 bits per heavy atom. The largest absolute Gasteiger partial charge is 0.496 e. The first-order chi connectivity index (χ1) is 10.0. The van der Waals surface area contributed by atoms with Crippen LogP contribution in [0.3, 0.4) is 0 Å². The minimum Gasteiger partial charge on any atom is -0.496 e. The van der Waals surface area contributed by atoms with Crippen molar-refractivity contribution in [2.45, 2.75) is 38.5 Å². The molecule has 1 fully saturated rings. The third-order valence-corrected chi connectivity index (χ3v) is 4.07. The summed E-state index contributed by atoms with van der Waals surface area (Å²) in [6.07, 6.45) is 0.925. The van der Waals surface area contributed by atoms with E-state index in [-0.39, 0.29) is 18.0 Å². The molecule has 0 bridgehead atoms. The van der Waals surface area contributed by atoms with E-state index in [0.717, 1.165) is 19.7 Å². The van der Waals surface area contributed by atoms with Gasteiger partial charge < -0.3 is 15.2 Å². The molecule has 5 heteroatoms. The van der Waals surface area contributed by atoms with Crippen LogP contribution >= 0.6 is 0 Å². The Balaban J connectivity index is 2.00. The fraction of sp³-hybridized carbons (Fsp3) is 0.625. The number of methoxy groups -OCH3 is 1. The van der Waals surface area contributed by atoms with Gasteiger partial charge in [0.2, 0.25) is 0 Å². The van der Waals surface area contributed by atoms with Gasteiger partial charge in [-0.25, -0.2) is 4.39 Å². The van der Waals surface area contributed by atoms with Crippen LogP contribution in [0.4, 0.5) is 4.39 Å². The van der Waals surface area contributed by atoms with Gasteiger partial charge in [0.15, 0.2) is 0 Å². The Bertz CT molecular complexity index is 470. The van der Waals surface area contributed by atoms with Crippen LogP contribution in [0.1, 0.15) is 31.9 Å². The Kier molecular flexibility index (Phi) is 5.56. The maximum absolute atomic E-state index is 14.0. The lowest BCUT2D eigenvalue weighted by Crippen LogP contribution is -2.48. The molecular weight excluding hydrogens is 271 g/mol. The van der Waals surface area contributed by atoms with E-state index in [4.69, 9.17) is 15.2 Å². The van der Waals surface area contributed by atoms with Gasteiger partial charge in [-0.2, -0.15) is 0 Å². The van der Waals surface area contributed by atoms with Gasteiger partial charge in [0, 0.05) is 30.7 Å². The zero-order valence-corrected chi connectivity index (χ0v) is 13.0. The van der Waals surface area contributed by atoms with E-state index >= 15 is 0 Å². The van der Waals surface area contributed by atoms with Gasteiger partial charge in [-0.15, -0.1) is 0 Å². The molecule has 118 valence electrons. The van der Waals surface area contributed by atoms with Crippen LogP contribution < -0.4 is 10.5 Å². The van der Waals surface area contributed by atoms with Crippen molar-refractivity contribution in [2.75, 3.05) is 26.8 Å². The predicted octanol–water partition coefficient (Wildman–Crippen LogP) is 2.33. The van der Waals surface area contributed by atoms with Gasteiger partial charge in [-0.3, -0.25) is 4.90 Å². The van der Waals surface area contributed by atoms with Crippen molar-refractivity contribution >= 4 is 0 Å². The lowest BCUT2D eigenvalue weighted by atomic mass is 10.0. The highest BCUT2D eigenvalue weighted by molar-refractivity contribution is 5.37. The number of hydrogen-bond acceptors (Lipinski definition) is 4. The number of nitrogens with two attached hydrogens (primary N) is 1.